The Hall–Kier alpha value is -3.27. The Morgan fingerprint density at radius 2 is 2.10 bits per heavy atom. The largest absolute Gasteiger partial charge is 0.433 e. The number of halogens is 3. The van der Waals surface area contributed by atoms with Gasteiger partial charge >= 0.3 is 6.18 Å². The van der Waals surface area contributed by atoms with Crippen molar-refractivity contribution in [2.24, 2.45) is 4.99 Å². The third-order valence-corrected chi connectivity index (χ3v) is 4.67. The van der Waals surface area contributed by atoms with Gasteiger partial charge in [-0.3, -0.25) is 9.55 Å². The van der Waals surface area contributed by atoms with Crippen molar-refractivity contribution in [1.82, 2.24) is 24.4 Å². The van der Waals surface area contributed by atoms with Crippen molar-refractivity contribution in [1.29, 1.82) is 0 Å². The Kier molecular flexibility index (Phi) is 4.79. The molecule has 4 rings (SSSR count). The fraction of sp³-hybridized carbons (Fsp3) is 0.263. The van der Waals surface area contributed by atoms with Crippen molar-refractivity contribution in [3.63, 3.8) is 0 Å². The molecule has 0 radical (unpaired) electrons. The van der Waals surface area contributed by atoms with Crippen molar-refractivity contribution in [3.05, 3.63) is 54.4 Å². The molecule has 0 unspecified atom stereocenters. The van der Waals surface area contributed by atoms with Gasteiger partial charge in [0.1, 0.15) is 17.7 Å². The van der Waals surface area contributed by atoms with Gasteiger partial charge in [0.15, 0.2) is 5.82 Å². The van der Waals surface area contributed by atoms with Crippen molar-refractivity contribution in [3.8, 4) is 17.1 Å². The highest BCUT2D eigenvalue weighted by molar-refractivity contribution is 5.75. The Morgan fingerprint density at radius 1 is 1.28 bits per heavy atom. The highest BCUT2D eigenvalue weighted by atomic mass is 19.4. The number of pyridine rings is 2. The van der Waals surface area contributed by atoms with E-state index in [9.17, 15) is 18.3 Å². The van der Waals surface area contributed by atoms with Crippen molar-refractivity contribution in [2.45, 2.75) is 25.7 Å². The first kappa shape index (κ1) is 19.1. The zero-order valence-corrected chi connectivity index (χ0v) is 15.4. The molecule has 10 heteroatoms. The van der Waals surface area contributed by atoms with Crippen molar-refractivity contribution >= 4 is 12.0 Å². The molecule has 7 nitrogen and oxygen atoms in total. The highest BCUT2D eigenvalue weighted by Gasteiger charge is 2.32. The Morgan fingerprint density at radius 3 is 2.72 bits per heavy atom. The van der Waals surface area contributed by atoms with Gasteiger partial charge in [-0.1, -0.05) is 0 Å². The molecule has 29 heavy (non-hydrogen) atoms. The number of imidazole rings is 1. The van der Waals surface area contributed by atoms with Crippen LogP contribution in [-0.2, 0) is 12.7 Å². The minimum atomic E-state index is -4.50. The second-order valence-corrected chi connectivity index (χ2v) is 6.69. The van der Waals surface area contributed by atoms with Gasteiger partial charge in [-0.15, -0.1) is 0 Å². The number of nitrogens with zero attached hydrogens (tertiary/aromatic N) is 6. The summed E-state index contributed by atoms with van der Waals surface area (Å²) in [4.78, 5) is 18.5. The van der Waals surface area contributed by atoms with Crippen LogP contribution in [0.1, 0.15) is 18.2 Å². The second kappa shape index (κ2) is 7.28. The number of aliphatic hydroxyl groups is 1. The van der Waals surface area contributed by atoms with Crippen LogP contribution in [0.25, 0.3) is 17.1 Å². The molecule has 1 N–H and O–H groups in total. The minimum Gasteiger partial charge on any atom is -0.394 e. The number of hydrogen-bond acceptors (Lipinski definition) is 6. The Bertz CT molecular complexity index is 1030. The average molecular weight is 402 g/mol. The summed E-state index contributed by atoms with van der Waals surface area (Å²) >= 11 is 0. The van der Waals surface area contributed by atoms with E-state index in [0.29, 0.717) is 29.3 Å². The topological polar surface area (TPSA) is 79.4 Å². The molecule has 150 valence electrons. The third-order valence-electron chi connectivity index (χ3n) is 4.67. The van der Waals surface area contributed by atoms with Crippen LogP contribution in [0.4, 0.5) is 18.9 Å². The molecule has 4 heterocycles. The first-order valence-corrected chi connectivity index (χ1v) is 8.83. The van der Waals surface area contributed by atoms with Gasteiger partial charge in [0, 0.05) is 36.3 Å². The molecule has 1 aliphatic rings. The van der Waals surface area contributed by atoms with Crippen LogP contribution in [0.5, 0.6) is 0 Å². The van der Waals surface area contributed by atoms with Gasteiger partial charge in [0.05, 0.1) is 24.7 Å². The number of alkyl halides is 3. The summed E-state index contributed by atoms with van der Waals surface area (Å²) in [6.07, 6.45) is 3.22. The van der Waals surface area contributed by atoms with E-state index in [1.165, 1.54) is 6.07 Å². The highest BCUT2D eigenvalue weighted by Crippen LogP contribution is 2.35. The van der Waals surface area contributed by atoms with Crippen molar-refractivity contribution in [2.75, 3.05) is 6.61 Å². The zero-order valence-electron chi connectivity index (χ0n) is 15.4. The molecular formula is C19H17F3N6O. The summed E-state index contributed by atoms with van der Waals surface area (Å²) in [6.45, 7) is 2.32. The molecular weight excluding hydrogens is 385 g/mol. The summed E-state index contributed by atoms with van der Waals surface area (Å²) in [7, 11) is 0. The van der Waals surface area contributed by atoms with E-state index in [4.69, 9.17) is 0 Å². The maximum atomic E-state index is 12.8. The average Bonchev–Trinajstić information content (AvgIpc) is 3.26. The van der Waals surface area contributed by atoms with Gasteiger partial charge in [0.2, 0.25) is 0 Å². The SMILES string of the molecule is C[C@@H](CO)N1C=Nc2c(cc(-c3ccc(C(F)(F)F)nc3)nc2-n2ccnc2)C1. The normalized spacial score (nSPS) is 14.7. The fourth-order valence-corrected chi connectivity index (χ4v) is 3.01. The molecule has 0 bridgehead atoms. The van der Waals surface area contributed by atoms with Crippen LogP contribution in [0.15, 0.2) is 48.1 Å². The lowest BCUT2D eigenvalue weighted by molar-refractivity contribution is -0.141. The molecule has 0 aliphatic carbocycles. The maximum absolute atomic E-state index is 12.8. The summed E-state index contributed by atoms with van der Waals surface area (Å²) in [6, 6.07) is 3.94. The molecule has 0 spiro atoms. The first-order valence-electron chi connectivity index (χ1n) is 8.83. The smallest absolute Gasteiger partial charge is 0.394 e. The van der Waals surface area contributed by atoms with E-state index in [0.717, 1.165) is 17.8 Å². The molecule has 1 aliphatic heterocycles. The lowest BCUT2D eigenvalue weighted by atomic mass is 10.1. The van der Waals surface area contributed by atoms with E-state index in [2.05, 4.69) is 19.9 Å². The van der Waals surface area contributed by atoms with Crippen LogP contribution in [0, 0.1) is 0 Å². The molecule has 3 aromatic heterocycles. The fourth-order valence-electron chi connectivity index (χ4n) is 3.01. The Labute approximate surface area is 164 Å². The number of aliphatic imine (C=N–C) groups is 1. The summed E-state index contributed by atoms with van der Waals surface area (Å²) < 4.78 is 40.2. The first-order chi connectivity index (χ1) is 13.9. The van der Waals surface area contributed by atoms with Crippen molar-refractivity contribution < 1.29 is 18.3 Å². The van der Waals surface area contributed by atoms with Gasteiger partial charge in [0.25, 0.3) is 0 Å². The number of rotatable bonds is 4. The van der Waals surface area contributed by atoms with Crippen LogP contribution in [-0.4, -0.2) is 48.5 Å². The lowest BCUT2D eigenvalue weighted by Crippen LogP contribution is -2.35. The predicted octanol–water partition coefficient (Wildman–Crippen LogP) is 3.20. The number of hydrogen-bond donors (Lipinski definition) is 1. The number of aliphatic hydroxyl groups excluding tert-OH is 1. The molecule has 0 fully saturated rings. The van der Waals surface area contributed by atoms with E-state index < -0.39 is 11.9 Å². The summed E-state index contributed by atoms with van der Waals surface area (Å²) in [5.74, 6) is 0.516. The quantitative estimate of drug-likeness (QED) is 0.725. The van der Waals surface area contributed by atoms with E-state index >= 15 is 0 Å². The second-order valence-electron chi connectivity index (χ2n) is 6.69. The third kappa shape index (κ3) is 3.70. The number of aromatic nitrogens is 4. The van der Waals surface area contributed by atoms with E-state index in [1.54, 1.807) is 35.7 Å². The van der Waals surface area contributed by atoms with E-state index in [-0.39, 0.29) is 12.6 Å². The minimum absolute atomic E-state index is 0.0313. The van der Waals surface area contributed by atoms with Gasteiger partial charge in [-0.05, 0) is 25.1 Å². The zero-order chi connectivity index (χ0) is 20.6. The van der Waals surface area contributed by atoms with Crippen LogP contribution < -0.4 is 0 Å². The van der Waals surface area contributed by atoms with Gasteiger partial charge in [-0.25, -0.2) is 15.0 Å². The van der Waals surface area contributed by atoms with Crippen LogP contribution >= 0.6 is 0 Å². The molecule has 0 saturated heterocycles. The molecule has 0 saturated carbocycles. The standard InChI is InChI=1S/C19H17F3N6O/c1-12(9-29)28-8-14-6-15(13-2-3-16(24-7-13)19(20,21)22)26-18(17(14)25-11-28)27-5-4-23-10-27/h2-7,10-12,29H,8-9H2,1H3/t12-/m0/s1. The van der Waals surface area contributed by atoms with Gasteiger partial charge in [-0.2, -0.15) is 13.2 Å². The summed E-state index contributed by atoms with van der Waals surface area (Å²) in [5, 5.41) is 9.44. The molecule has 0 aromatic carbocycles. The van der Waals surface area contributed by atoms with Crippen LogP contribution in [0.3, 0.4) is 0 Å². The maximum Gasteiger partial charge on any atom is 0.433 e. The molecule has 3 aromatic rings. The van der Waals surface area contributed by atoms with Crippen LogP contribution in [0.2, 0.25) is 0 Å². The van der Waals surface area contributed by atoms with E-state index in [1.807, 2.05) is 11.8 Å². The monoisotopic (exact) mass is 402 g/mol. The van der Waals surface area contributed by atoms with Gasteiger partial charge < -0.3 is 10.0 Å². The molecule has 1 atom stereocenters. The number of fused-ring (bicyclic) bond motifs is 1. The lowest BCUT2D eigenvalue weighted by Gasteiger charge is -2.30. The summed E-state index contributed by atoms with van der Waals surface area (Å²) in [5.41, 5.74) is 1.46. The Balaban J connectivity index is 1.80. The molecule has 0 amide bonds. The predicted molar refractivity (Wildman–Crippen MR) is 99.8 cm³/mol.